The number of unbranched alkanes of at least 4 members (excludes halogenated alkanes) is 13. The minimum absolute atomic E-state index is 0. The van der Waals surface area contributed by atoms with Gasteiger partial charge in [0.1, 0.15) is 0 Å². The first kappa shape index (κ1) is 21.2. The molecule has 2 heteroatoms. The molecular formula is C17H39NO. The molecule has 19 heavy (non-hydrogen) atoms. The predicted molar refractivity (Wildman–Crippen MR) is 87.9 cm³/mol. The van der Waals surface area contributed by atoms with Crippen molar-refractivity contribution >= 4 is 0 Å². The van der Waals surface area contributed by atoms with Crippen LogP contribution >= 0.6 is 0 Å². The zero-order chi connectivity index (χ0) is 13.3. The first-order valence-electron chi connectivity index (χ1n) is 8.56. The third-order valence-electron chi connectivity index (χ3n) is 3.78. The molecule has 0 spiro atoms. The average Bonchev–Trinajstić information content (AvgIpc) is 2.39. The van der Waals surface area contributed by atoms with Crippen molar-refractivity contribution in [2.45, 2.75) is 96.8 Å². The van der Waals surface area contributed by atoms with Gasteiger partial charge in [-0.15, -0.1) is 0 Å². The summed E-state index contributed by atoms with van der Waals surface area (Å²) < 4.78 is 0. The molecular weight excluding hydrogens is 234 g/mol. The molecule has 0 rings (SSSR count). The Labute approximate surface area is 122 Å². The van der Waals surface area contributed by atoms with Gasteiger partial charge in [-0.2, -0.15) is 0 Å². The summed E-state index contributed by atoms with van der Waals surface area (Å²) in [6.45, 7) is 3.48. The standard InChI is InChI=1S/C17H37N.H2O/c1-3-4-5-6-7-8-9-10-11-12-13-14-15-16-17-18-2;/h18H,3-17H2,1-2H3;1H2. The third kappa shape index (κ3) is 20.4. The van der Waals surface area contributed by atoms with Crippen LogP contribution in [0.25, 0.3) is 0 Å². The Hall–Kier alpha value is -0.0800. The van der Waals surface area contributed by atoms with E-state index in [4.69, 9.17) is 0 Å². The molecule has 3 N–H and O–H groups in total. The molecule has 0 aromatic carbocycles. The van der Waals surface area contributed by atoms with Crippen LogP contribution in [0.4, 0.5) is 0 Å². The smallest absolute Gasteiger partial charge is 0.00519 e. The molecule has 0 aliphatic heterocycles. The van der Waals surface area contributed by atoms with Crippen LogP contribution < -0.4 is 5.32 Å². The highest BCUT2D eigenvalue weighted by Gasteiger charge is 1.93. The summed E-state index contributed by atoms with van der Waals surface area (Å²) in [7, 11) is 2.04. The molecule has 0 unspecified atom stereocenters. The monoisotopic (exact) mass is 273 g/mol. The summed E-state index contributed by atoms with van der Waals surface area (Å²) >= 11 is 0. The van der Waals surface area contributed by atoms with Gasteiger partial charge in [0.2, 0.25) is 0 Å². The fourth-order valence-electron chi connectivity index (χ4n) is 2.50. The van der Waals surface area contributed by atoms with E-state index in [0.29, 0.717) is 0 Å². The lowest BCUT2D eigenvalue weighted by Crippen LogP contribution is -2.06. The van der Waals surface area contributed by atoms with Crippen LogP contribution in [0.3, 0.4) is 0 Å². The van der Waals surface area contributed by atoms with Crippen LogP contribution in [0.1, 0.15) is 96.8 Å². The van der Waals surface area contributed by atoms with E-state index in [-0.39, 0.29) is 5.48 Å². The van der Waals surface area contributed by atoms with Crippen LogP contribution in [-0.2, 0) is 0 Å². The molecule has 0 aliphatic rings. The number of nitrogens with one attached hydrogen (secondary N) is 1. The molecule has 0 bridgehead atoms. The Kier molecular flexibility index (Phi) is 22.6. The molecule has 0 radical (unpaired) electrons. The Bertz CT molecular complexity index is 123. The number of hydrogen-bond donors (Lipinski definition) is 1. The summed E-state index contributed by atoms with van der Waals surface area (Å²) in [6.07, 6.45) is 20.3. The maximum Gasteiger partial charge on any atom is -0.00519 e. The zero-order valence-corrected chi connectivity index (χ0v) is 13.6. The van der Waals surface area contributed by atoms with E-state index < -0.39 is 0 Å². The summed E-state index contributed by atoms with van der Waals surface area (Å²) in [5.41, 5.74) is 0. The second-order valence-electron chi connectivity index (χ2n) is 5.70. The minimum Gasteiger partial charge on any atom is -0.412 e. The van der Waals surface area contributed by atoms with Crippen molar-refractivity contribution in [2.24, 2.45) is 0 Å². The quantitative estimate of drug-likeness (QED) is 0.425. The highest BCUT2D eigenvalue weighted by molar-refractivity contribution is 4.49. The largest absolute Gasteiger partial charge is 0.412 e. The Morgan fingerprint density at radius 3 is 1.16 bits per heavy atom. The molecule has 0 aliphatic carbocycles. The van der Waals surface area contributed by atoms with E-state index in [1.807, 2.05) is 7.05 Å². The fourth-order valence-corrected chi connectivity index (χ4v) is 2.50. The minimum atomic E-state index is 0. The van der Waals surface area contributed by atoms with Crippen LogP contribution in [-0.4, -0.2) is 19.1 Å². The highest BCUT2D eigenvalue weighted by atomic mass is 16.0. The van der Waals surface area contributed by atoms with E-state index >= 15 is 0 Å². The van der Waals surface area contributed by atoms with Crippen LogP contribution in [0, 0.1) is 0 Å². The van der Waals surface area contributed by atoms with Crippen molar-refractivity contribution < 1.29 is 5.48 Å². The summed E-state index contributed by atoms with van der Waals surface area (Å²) in [5, 5.41) is 3.21. The molecule has 0 saturated carbocycles. The number of rotatable bonds is 15. The highest BCUT2D eigenvalue weighted by Crippen LogP contribution is 2.12. The molecule has 0 aromatic heterocycles. The van der Waals surface area contributed by atoms with Crippen molar-refractivity contribution in [3.05, 3.63) is 0 Å². The maximum absolute atomic E-state index is 3.21. The SMILES string of the molecule is CCCCCCCCCCCCCCCCNC.O. The normalized spacial score (nSPS) is 10.4. The lowest BCUT2D eigenvalue weighted by atomic mass is 10.0. The van der Waals surface area contributed by atoms with Gasteiger partial charge in [-0.1, -0.05) is 90.4 Å². The molecule has 2 nitrogen and oxygen atoms in total. The Morgan fingerprint density at radius 1 is 0.526 bits per heavy atom. The van der Waals surface area contributed by atoms with E-state index in [1.165, 1.54) is 96.4 Å². The van der Waals surface area contributed by atoms with Crippen molar-refractivity contribution in [3.63, 3.8) is 0 Å². The fraction of sp³-hybridized carbons (Fsp3) is 1.00. The predicted octanol–water partition coefficient (Wildman–Crippen LogP) is 4.86. The van der Waals surface area contributed by atoms with E-state index in [9.17, 15) is 0 Å². The van der Waals surface area contributed by atoms with Crippen LogP contribution in [0.15, 0.2) is 0 Å². The van der Waals surface area contributed by atoms with Crippen molar-refractivity contribution in [3.8, 4) is 0 Å². The second-order valence-corrected chi connectivity index (χ2v) is 5.70. The number of hydrogen-bond acceptors (Lipinski definition) is 1. The topological polar surface area (TPSA) is 43.5 Å². The molecule has 0 amide bonds. The molecule has 118 valence electrons. The average molecular weight is 274 g/mol. The van der Waals surface area contributed by atoms with Crippen LogP contribution in [0.2, 0.25) is 0 Å². The molecule has 0 atom stereocenters. The van der Waals surface area contributed by atoms with Gasteiger partial charge in [-0.25, -0.2) is 0 Å². The second kappa shape index (κ2) is 20.2. The van der Waals surface area contributed by atoms with Gasteiger partial charge in [0.25, 0.3) is 0 Å². The Balaban J connectivity index is 0. The van der Waals surface area contributed by atoms with Gasteiger partial charge in [0.15, 0.2) is 0 Å². The summed E-state index contributed by atoms with van der Waals surface area (Å²) in [6, 6.07) is 0. The van der Waals surface area contributed by atoms with E-state index in [2.05, 4.69) is 12.2 Å². The van der Waals surface area contributed by atoms with Crippen molar-refractivity contribution in [2.75, 3.05) is 13.6 Å². The molecule has 0 aromatic rings. The lowest BCUT2D eigenvalue weighted by Gasteiger charge is -2.03. The van der Waals surface area contributed by atoms with E-state index in [1.54, 1.807) is 0 Å². The van der Waals surface area contributed by atoms with Gasteiger partial charge in [0, 0.05) is 0 Å². The van der Waals surface area contributed by atoms with Gasteiger partial charge in [-0.3, -0.25) is 0 Å². The summed E-state index contributed by atoms with van der Waals surface area (Å²) in [4.78, 5) is 0. The van der Waals surface area contributed by atoms with Crippen LogP contribution in [0.5, 0.6) is 0 Å². The van der Waals surface area contributed by atoms with Gasteiger partial charge in [0.05, 0.1) is 0 Å². The third-order valence-corrected chi connectivity index (χ3v) is 3.78. The van der Waals surface area contributed by atoms with Gasteiger partial charge < -0.3 is 10.8 Å². The maximum atomic E-state index is 3.21. The summed E-state index contributed by atoms with van der Waals surface area (Å²) in [5.74, 6) is 0. The lowest BCUT2D eigenvalue weighted by molar-refractivity contribution is 0.533. The van der Waals surface area contributed by atoms with Crippen molar-refractivity contribution in [1.29, 1.82) is 0 Å². The first-order valence-corrected chi connectivity index (χ1v) is 8.56. The molecule has 0 saturated heterocycles. The van der Waals surface area contributed by atoms with Crippen molar-refractivity contribution in [1.82, 2.24) is 5.32 Å². The molecule has 0 fully saturated rings. The molecule has 0 heterocycles. The van der Waals surface area contributed by atoms with Gasteiger partial charge in [-0.05, 0) is 20.0 Å². The van der Waals surface area contributed by atoms with Gasteiger partial charge >= 0.3 is 0 Å². The van der Waals surface area contributed by atoms with E-state index in [0.717, 1.165) is 0 Å². The Morgan fingerprint density at radius 2 is 0.842 bits per heavy atom. The zero-order valence-electron chi connectivity index (χ0n) is 13.6. The first-order chi connectivity index (χ1) is 8.91.